The molecule has 1 saturated carbocycles. The summed E-state index contributed by atoms with van der Waals surface area (Å²) >= 11 is 5.72. The van der Waals surface area contributed by atoms with E-state index in [0.29, 0.717) is 12.0 Å². The first-order chi connectivity index (χ1) is 9.61. The number of halogens is 2. The second-order valence-electron chi connectivity index (χ2n) is 5.51. The molecule has 1 aliphatic carbocycles. The monoisotopic (exact) mass is 449 g/mol. The van der Waals surface area contributed by atoms with Gasteiger partial charge in [0.15, 0.2) is 0 Å². The summed E-state index contributed by atoms with van der Waals surface area (Å²) in [6.45, 7) is 2.17. The molecule has 1 amide bonds. The van der Waals surface area contributed by atoms with Gasteiger partial charge in [0.1, 0.15) is 0 Å². The second kappa shape index (κ2) is 7.78. The highest BCUT2D eigenvalue weighted by atomic mass is 127. The molecule has 1 N–H and O–H groups in total. The fourth-order valence-corrected chi connectivity index (χ4v) is 3.93. The smallest absolute Gasteiger partial charge is 0.252 e. The molecule has 2 rings (SSSR count). The molecule has 1 aromatic carbocycles. The number of hydrogen-bond acceptors (Lipinski definition) is 1. The third-order valence-electron chi connectivity index (χ3n) is 4.15. The molecule has 0 aromatic heterocycles. The first-order valence-electron chi connectivity index (χ1n) is 7.37. The van der Waals surface area contributed by atoms with Gasteiger partial charge in [-0.25, -0.2) is 0 Å². The van der Waals surface area contributed by atoms with Gasteiger partial charge in [0, 0.05) is 14.1 Å². The summed E-state index contributed by atoms with van der Waals surface area (Å²) in [5.74, 6) is 0.701. The third kappa shape index (κ3) is 4.20. The highest BCUT2D eigenvalue weighted by molar-refractivity contribution is 14.1. The molecule has 2 nitrogen and oxygen atoms in total. The first-order valence-corrected chi connectivity index (χ1v) is 9.25. The van der Waals surface area contributed by atoms with Crippen molar-refractivity contribution in [3.05, 3.63) is 31.8 Å². The lowest BCUT2D eigenvalue weighted by molar-refractivity contribution is 0.0910. The Kier molecular flexibility index (Phi) is 6.33. The molecule has 0 heterocycles. The second-order valence-corrected chi connectivity index (χ2v) is 7.61. The van der Waals surface area contributed by atoms with Gasteiger partial charge < -0.3 is 5.32 Å². The summed E-state index contributed by atoms with van der Waals surface area (Å²) < 4.78 is 1.95. The van der Waals surface area contributed by atoms with Crippen LogP contribution in [-0.2, 0) is 0 Å². The van der Waals surface area contributed by atoms with Crippen LogP contribution in [0.25, 0.3) is 0 Å². The molecule has 1 aromatic rings. The summed E-state index contributed by atoms with van der Waals surface area (Å²) in [4.78, 5) is 12.5. The van der Waals surface area contributed by atoms with E-state index in [4.69, 9.17) is 0 Å². The number of nitrogens with one attached hydrogen (secondary N) is 1. The van der Waals surface area contributed by atoms with E-state index in [1.165, 1.54) is 32.1 Å². The van der Waals surface area contributed by atoms with Crippen molar-refractivity contribution in [1.29, 1.82) is 0 Å². The molecule has 0 saturated heterocycles. The van der Waals surface area contributed by atoms with Crippen molar-refractivity contribution in [1.82, 2.24) is 5.32 Å². The normalized spacial score (nSPS) is 17.8. The summed E-state index contributed by atoms with van der Waals surface area (Å²) in [6.07, 6.45) is 7.49. The highest BCUT2D eigenvalue weighted by Gasteiger charge is 2.24. The molecule has 4 heteroatoms. The molecular weight excluding hydrogens is 429 g/mol. The lowest BCUT2D eigenvalue weighted by atomic mass is 9.83. The molecule has 1 aliphatic rings. The van der Waals surface area contributed by atoms with Crippen molar-refractivity contribution in [3.8, 4) is 0 Å². The molecular formula is C16H21BrINO. The van der Waals surface area contributed by atoms with Gasteiger partial charge in [-0.05, 0) is 81.9 Å². The van der Waals surface area contributed by atoms with Crippen molar-refractivity contribution < 1.29 is 4.79 Å². The quantitative estimate of drug-likeness (QED) is 0.633. The number of hydrogen-bond donors (Lipinski definition) is 1. The van der Waals surface area contributed by atoms with Crippen LogP contribution in [0, 0.1) is 9.49 Å². The Morgan fingerprint density at radius 3 is 2.75 bits per heavy atom. The van der Waals surface area contributed by atoms with E-state index in [-0.39, 0.29) is 5.91 Å². The standard InChI is InChI=1S/C16H21BrINO/c1-2-15(11-6-4-3-5-7-11)19-16(20)13-10-12(18)8-9-14(13)17/h8-11,15H,2-7H2,1H3,(H,19,20). The molecule has 1 unspecified atom stereocenters. The van der Waals surface area contributed by atoms with Crippen molar-refractivity contribution >= 4 is 44.4 Å². The van der Waals surface area contributed by atoms with E-state index >= 15 is 0 Å². The number of carbonyl (C=O) groups is 1. The lowest BCUT2D eigenvalue weighted by Gasteiger charge is -2.30. The van der Waals surface area contributed by atoms with Crippen LogP contribution < -0.4 is 5.32 Å². The van der Waals surface area contributed by atoms with Gasteiger partial charge in [0.05, 0.1) is 5.56 Å². The number of benzene rings is 1. The molecule has 1 atom stereocenters. The van der Waals surface area contributed by atoms with Gasteiger partial charge in [-0.3, -0.25) is 4.79 Å². The predicted octanol–water partition coefficient (Wildman–Crippen LogP) is 5.14. The maximum atomic E-state index is 12.5. The van der Waals surface area contributed by atoms with Crippen molar-refractivity contribution in [2.45, 2.75) is 51.5 Å². The minimum atomic E-state index is 0.0489. The van der Waals surface area contributed by atoms with Crippen LogP contribution >= 0.6 is 38.5 Å². The number of amides is 1. The molecule has 110 valence electrons. The Labute approximate surface area is 143 Å². The van der Waals surface area contributed by atoms with Crippen LogP contribution in [0.2, 0.25) is 0 Å². The van der Waals surface area contributed by atoms with Gasteiger partial charge in [0.2, 0.25) is 0 Å². The third-order valence-corrected chi connectivity index (χ3v) is 5.51. The minimum absolute atomic E-state index is 0.0489. The van der Waals surface area contributed by atoms with Gasteiger partial charge in [0.25, 0.3) is 5.91 Å². The fourth-order valence-electron chi connectivity index (χ4n) is 3.01. The number of carbonyl (C=O) groups excluding carboxylic acids is 1. The average Bonchev–Trinajstić information content (AvgIpc) is 2.48. The van der Waals surface area contributed by atoms with Crippen LogP contribution in [-0.4, -0.2) is 11.9 Å². The van der Waals surface area contributed by atoms with Gasteiger partial charge in [-0.2, -0.15) is 0 Å². The zero-order valence-corrected chi connectivity index (χ0v) is 15.5. The summed E-state index contributed by atoms with van der Waals surface area (Å²) in [5, 5.41) is 3.25. The largest absolute Gasteiger partial charge is 0.349 e. The van der Waals surface area contributed by atoms with Gasteiger partial charge >= 0.3 is 0 Å². The predicted molar refractivity (Wildman–Crippen MR) is 95.0 cm³/mol. The van der Waals surface area contributed by atoms with E-state index in [2.05, 4.69) is 50.8 Å². The Morgan fingerprint density at radius 2 is 2.10 bits per heavy atom. The molecule has 0 radical (unpaired) electrons. The molecule has 20 heavy (non-hydrogen) atoms. The lowest BCUT2D eigenvalue weighted by Crippen LogP contribution is -2.40. The maximum absolute atomic E-state index is 12.5. The average molecular weight is 450 g/mol. The SMILES string of the molecule is CCC(NC(=O)c1cc(I)ccc1Br)C1CCCCC1. The van der Waals surface area contributed by atoms with E-state index in [1.807, 2.05) is 18.2 Å². The van der Waals surface area contributed by atoms with E-state index in [9.17, 15) is 4.79 Å². The van der Waals surface area contributed by atoms with Crippen molar-refractivity contribution in [2.24, 2.45) is 5.92 Å². The Bertz CT molecular complexity index is 472. The summed E-state index contributed by atoms with van der Waals surface area (Å²) in [5.41, 5.74) is 0.742. The minimum Gasteiger partial charge on any atom is -0.349 e. The van der Waals surface area contributed by atoms with E-state index in [1.54, 1.807) is 0 Å². The van der Waals surface area contributed by atoms with Crippen molar-refractivity contribution in [2.75, 3.05) is 0 Å². The van der Waals surface area contributed by atoms with Gasteiger partial charge in [-0.1, -0.05) is 26.2 Å². The maximum Gasteiger partial charge on any atom is 0.252 e. The zero-order chi connectivity index (χ0) is 14.5. The van der Waals surface area contributed by atoms with Crippen molar-refractivity contribution in [3.63, 3.8) is 0 Å². The first kappa shape index (κ1) is 16.3. The highest BCUT2D eigenvalue weighted by Crippen LogP contribution is 2.28. The summed E-state index contributed by atoms with van der Waals surface area (Å²) in [7, 11) is 0. The molecule has 0 aliphatic heterocycles. The molecule has 0 spiro atoms. The van der Waals surface area contributed by atoms with Crippen LogP contribution in [0.5, 0.6) is 0 Å². The Morgan fingerprint density at radius 1 is 1.40 bits per heavy atom. The zero-order valence-electron chi connectivity index (χ0n) is 11.8. The van der Waals surface area contributed by atoms with E-state index < -0.39 is 0 Å². The van der Waals surface area contributed by atoms with Crippen LogP contribution in [0.4, 0.5) is 0 Å². The van der Waals surface area contributed by atoms with Gasteiger partial charge in [-0.15, -0.1) is 0 Å². The Hall–Kier alpha value is -0.100. The molecule has 1 fully saturated rings. The van der Waals surface area contributed by atoms with Crippen LogP contribution in [0.15, 0.2) is 22.7 Å². The number of rotatable bonds is 4. The van der Waals surface area contributed by atoms with Crippen LogP contribution in [0.3, 0.4) is 0 Å². The molecule has 0 bridgehead atoms. The summed E-state index contributed by atoms with van der Waals surface area (Å²) in [6, 6.07) is 6.19. The topological polar surface area (TPSA) is 29.1 Å². The Balaban J connectivity index is 2.06. The van der Waals surface area contributed by atoms with E-state index in [0.717, 1.165) is 20.0 Å². The van der Waals surface area contributed by atoms with Crippen LogP contribution in [0.1, 0.15) is 55.8 Å². The fraction of sp³-hybridized carbons (Fsp3) is 0.562.